The number of hydrogen-bond acceptors (Lipinski definition) is 4. The quantitative estimate of drug-likeness (QED) is 0.866. The molecule has 1 aromatic rings. The van der Waals surface area contributed by atoms with E-state index >= 15 is 0 Å². The summed E-state index contributed by atoms with van der Waals surface area (Å²) in [7, 11) is 0. The third kappa shape index (κ3) is 4.41. The highest BCUT2D eigenvalue weighted by Gasteiger charge is 2.24. The van der Waals surface area contributed by atoms with Crippen molar-refractivity contribution in [2.45, 2.75) is 70.7 Å². The van der Waals surface area contributed by atoms with Gasteiger partial charge in [0.25, 0.3) is 0 Å². The van der Waals surface area contributed by atoms with Crippen molar-refractivity contribution < 1.29 is 9.32 Å². The summed E-state index contributed by atoms with van der Waals surface area (Å²) in [6, 6.07) is 0.0879. The van der Waals surface area contributed by atoms with Gasteiger partial charge in [-0.2, -0.15) is 11.8 Å². The van der Waals surface area contributed by atoms with E-state index in [1.807, 2.05) is 32.5 Å². The molecule has 3 atom stereocenters. The minimum atomic E-state index is -0.101. The predicted octanol–water partition coefficient (Wildman–Crippen LogP) is 3.72. The molecule has 0 saturated heterocycles. The summed E-state index contributed by atoms with van der Waals surface area (Å²) in [4.78, 5) is 12.2. The molecule has 1 aliphatic carbocycles. The van der Waals surface area contributed by atoms with Crippen LogP contribution in [0.4, 0.5) is 4.79 Å². The molecule has 1 saturated carbocycles. The van der Waals surface area contributed by atoms with Gasteiger partial charge in [-0.05, 0) is 45.8 Å². The highest BCUT2D eigenvalue weighted by molar-refractivity contribution is 7.99. The number of rotatable bonds is 5. The van der Waals surface area contributed by atoms with Crippen LogP contribution >= 0.6 is 11.8 Å². The van der Waals surface area contributed by atoms with Gasteiger partial charge < -0.3 is 15.2 Å². The summed E-state index contributed by atoms with van der Waals surface area (Å²) < 4.78 is 5.16. The van der Waals surface area contributed by atoms with Crippen LogP contribution in [0, 0.1) is 13.8 Å². The van der Waals surface area contributed by atoms with Gasteiger partial charge >= 0.3 is 6.03 Å². The number of amides is 2. The zero-order valence-corrected chi connectivity index (χ0v) is 14.8. The summed E-state index contributed by atoms with van der Waals surface area (Å²) in [6.07, 6.45) is 4.62. The highest BCUT2D eigenvalue weighted by Crippen LogP contribution is 2.28. The molecule has 1 heterocycles. The molecule has 6 heteroatoms. The number of nitrogens with one attached hydrogen (secondary N) is 2. The van der Waals surface area contributed by atoms with Gasteiger partial charge in [-0.1, -0.05) is 18.5 Å². The Morgan fingerprint density at radius 1 is 1.45 bits per heavy atom. The van der Waals surface area contributed by atoms with Crippen molar-refractivity contribution in [1.82, 2.24) is 15.8 Å². The standard InChI is InChI=1S/C16H27N3O2S/c1-5-22-14-8-6-7-13(9-14)18-16(20)17-10(2)15-11(3)19-21-12(15)4/h10,13-14H,5-9H2,1-4H3,(H2,17,18,20)/t10-,13+,14-/m1/s1. The molecule has 0 aromatic carbocycles. The Hall–Kier alpha value is -1.17. The third-order valence-corrected chi connectivity index (χ3v) is 5.47. The first kappa shape index (κ1) is 17.2. The van der Waals surface area contributed by atoms with Crippen LogP contribution in [0.3, 0.4) is 0 Å². The fourth-order valence-corrected chi connectivity index (χ4v) is 4.44. The van der Waals surface area contributed by atoms with Crippen LogP contribution in [0.25, 0.3) is 0 Å². The second-order valence-corrected chi connectivity index (χ2v) is 7.60. The van der Waals surface area contributed by atoms with Crippen molar-refractivity contribution in [2.24, 2.45) is 0 Å². The smallest absolute Gasteiger partial charge is 0.315 e. The minimum Gasteiger partial charge on any atom is -0.361 e. The predicted molar refractivity (Wildman–Crippen MR) is 90.2 cm³/mol. The lowest BCUT2D eigenvalue weighted by Gasteiger charge is -2.29. The molecule has 1 fully saturated rings. The SMILES string of the molecule is CCS[C@@H]1CCC[C@H](NC(=O)N[C@H](C)c2c(C)noc2C)C1. The number of aryl methyl sites for hydroxylation is 2. The van der Waals surface area contributed by atoms with E-state index in [-0.39, 0.29) is 18.1 Å². The van der Waals surface area contributed by atoms with Crippen LogP contribution in [-0.4, -0.2) is 28.2 Å². The Morgan fingerprint density at radius 3 is 2.86 bits per heavy atom. The molecule has 0 unspecified atom stereocenters. The van der Waals surface area contributed by atoms with Crippen molar-refractivity contribution >= 4 is 17.8 Å². The number of urea groups is 1. The van der Waals surface area contributed by atoms with Crippen molar-refractivity contribution in [2.75, 3.05) is 5.75 Å². The zero-order chi connectivity index (χ0) is 16.1. The lowest BCUT2D eigenvalue weighted by molar-refractivity contribution is 0.230. The average molecular weight is 325 g/mol. The number of carbonyl (C=O) groups excluding carboxylic acids is 1. The molecule has 2 amide bonds. The number of nitrogens with zero attached hydrogens (tertiary/aromatic N) is 1. The molecule has 124 valence electrons. The van der Waals surface area contributed by atoms with E-state index < -0.39 is 0 Å². The van der Waals surface area contributed by atoms with E-state index in [0.717, 1.165) is 35.6 Å². The largest absolute Gasteiger partial charge is 0.361 e. The second kappa shape index (κ2) is 7.90. The molecule has 0 spiro atoms. The fourth-order valence-electron chi connectivity index (χ4n) is 3.27. The van der Waals surface area contributed by atoms with Crippen LogP contribution < -0.4 is 10.6 Å². The van der Waals surface area contributed by atoms with Crippen LogP contribution in [0.2, 0.25) is 0 Å². The lowest BCUT2D eigenvalue weighted by Crippen LogP contribution is -2.45. The average Bonchev–Trinajstić information content (AvgIpc) is 2.78. The summed E-state index contributed by atoms with van der Waals surface area (Å²) in [5.41, 5.74) is 1.81. The zero-order valence-electron chi connectivity index (χ0n) is 13.9. The molecule has 2 rings (SSSR count). The number of hydrogen-bond donors (Lipinski definition) is 2. The summed E-state index contributed by atoms with van der Waals surface area (Å²) >= 11 is 2.01. The van der Waals surface area contributed by atoms with Crippen LogP contribution in [0.5, 0.6) is 0 Å². The normalized spacial score (nSPS) is 23.1. The minimum absolute atomic E-state index is 0.0975. The number of aromatic nitrogens is 1. The van der Waals surface area contributed by atoms with E-state index in [1.165, 1.54) is 12.8 Å². The molecule has 22 heavy (non-hydrogen) atoms. The maximum Gasteiger partial charge on any atom is 0.315 e. The van der Waals surface area contributed by atoms with Crippen LogP contribution in [0.1, 0.15) is 62.6 Å². The summed E-state index contributed by atoms with van der Waals surface area (Å²) in [5.74, 6) is 1.91. The Morgan fingerprint density at radius 2 is 2.23 bits per heavy atom. The van der Waals surface area contributed by atoms with Crippen LogP contribution in [0.15, 0.2) is 4.52 Å². The summed E-state index contributed by atoms with van der Waals surface area (Å²) in [6.45, 7) is 7.93. The van der Waals surface area contributed by atoms with Gasteiger partial charge in [-0.15, -0.1) is 0 Å². The van der Waals surface area contributed by atoms with Gasteiger partial charge in [0, 0.05) is 16.9 Å². The van der Waals surface area contributed by atoms with Gasteiger partial charge in [0.2, 0.25) is 0 Å². The first-order valence-corrected chi connectivity index (χ1v) is 9.17. The Labute approximate surface area is 137 Å². The van der Waals surface area contributed by atoms with E-state index in [9.17, 15) is 4.79 Å². The Bertz CT molecular complexity index is 482. The maximum absolute atomic E-state index is 12.2. The van der Waals surface area contributed by atoms with Crippen molar-refractivity contribution in [3.63, 3.8) is 0 Å². The van der Waals surface area contributed by atoms with Crippen molar-refractivity contribution in [3.8, 4) is 0 Å². The first-order valence-electron chi connectivity index (χ1n) is 8.12. The summed E-state index contributed by atoms with van der Waals surface area (Å²) in [5, 5.41) is 10.8. The van der Waals surface area contributed by atoms with E-state index in [4.69, 9.17) is 4.52 Å². The molecule has 1 aromatic heterocycles. The lowest BCUT2D eigenvalue weighted by atomic mass is 9.95. The van der Waals surface area contributed by atoms with Gasteiger partial charge in [-0.25, -0.2) is 4.79 Å². The maximum atomic E-state index is 12.2. The van der Waals surface area contributed by atoms with Crippen LogP contribution in [-0.2, 0) is 0 Å². The van der Waals surface area contributed by atoms with Crippen molar-refractivity contribution in [1.29, 1.82) is 0 Å². The molecule has 0 radical (unpaired) electrons. The molecule has 5 nitrogen and oxygen atoms in total. The molecule has 0 bridgehead atoms. The first-order chi connectivity index (χ1) is 10.5. The molecule has 1 aliphatic rings. The van der Waals surface area contributed by atoms with Gasteiger partial charge in [0.15, 0.2) is 0 Å². The van der Waals surface area contributed by atoms with E-state index in [1.54, 1.807) is 0 Å². The monoisotopic (exact) mass is 325 g/mol. The third-order valence-electron chi connectivity index (χ3n) is 4.23. The van der Waals surface area contributed by atoms with E-state index in [0.29, 0.717) is 5.25 Å². The van der Waals surface area contributed by atoms with Gasteiger partial charge in [-0.3, -0.25) is 0 Å². The Kier molecular flexibility index (Phi) is 6.17. The molecule has 0 aliphatic heterocycles. The van der Waals surface area contributed by atoms with E-state index in [2.05, 4.69) is 22.7 Å². The second-order valence-electron chi connectivity index (χ2n) is 6.02. The number of thioether (sulfide) groups is 1. The molecular formula is C16H27N3O2S. The Balaban J connectivity index is 1.85. The van der Waals surface area contributed by atoms with Gasteiger partial charge in [0.1, 0.15) is 5.76 Å². The van der Waals surface area contributed by atoms with Gasteiger partial charge in [0.05, 0.1) is 11.7 Å². The molecule has 2 N–H and O–H groups in total. The fraction of sp³-hybridized carbons (Fsp3) is 0.750. The van der Waals surface area contributed by atoms with Crippen molar-refractivity contribution in [3.05, 3.63) is 17.0 Å². The highest BCUT2D eigenvalue weighted by atomic mass is 32.2. The topological polar surface area (TPSA) is 67.2 Å². The number of carbonyl (C=O) groups is 1. The molecular weight excluding hydrogens is 298 g/mol.